The van der Waals surface area contributed by atoms with E-state index in [-0.39, 0.29) is 12.0 Å². The standard InChI is InChI=1S/C15H19N3O2/c1-2-12(19)8-9-16-15(20)13-10-17-18-14(13)11-6-4-3-5-7-11/h3-7,10,12,19H,2,8-9H2,1H3,(H,16,20)(H,17,18). The Labute approximate surface area is 118 Å². The zero-order chi connectivity index (χ0) is 14.4. The molecule has 5 heteroatoms. The summed E-state index contributed by atoms with van der Waals surface area (Å²) in [4.78, 5) is 12.1. The molecule has 1 unspecified atom stereocenters. The van der Waals surface area contributed by atoms with Gasteiger partial charge in [-0.15, -0.1) is 0 Å². The Morgan fingerprint density at radius 3 is 2.85 bits per heavy atom. The fourth-order valence-corrected chi connectivity index (χ4v) is 1.93. The molecule has 0 aliphatic carbocycles. The van der Waals surface area contributed by atoms with Crippen LogP contribution in [0.5, 0.6) is 0 Å². The molecule has 3 N–H and O–H groups in total. The van der Waals surface area contributed by atoms with E-state index in [9.17, 15) is 9.90 Å². The van der Waals surface area contributed by atoms with Gasteiger partial charge in [0.05, 0.1) is 23.6 Å². The lowest BCUT2D eigenvalue weighted by molar-refractivity contribution is 0.0942. The van der Waals surface area contributed by atoms with E-state index in [1.54, 1.807) is 0 Å². The number of H-pyrrole nitrogens is 1. The molecule has 2 aromatic rings. The first-order valence-corrected chi connectivity index (χ1v) is 6.77. The summed E-state index contributed by atoms with van der Waals surface area (Å²) in [6.45, 7) is 2.36. The van der Waals surface area contributed by atoms with Crippen LogP contribution in [0.4, 0.5) is 0 Å². The maximum Gasteiger partial charge on any atom is 0.255 e. The summed E-state index contributed by atoms with van der Waals surface area (Å²) in [6.07, 6.45) is 2.40. The zero-order valence-corrected chi connectivity index (χ0v) is 11.5. The van der Waals surface area contributed by atoms with E-state index in [4.69, 9.17) is 0 Å². The summed E-state index contributed by atoms with van der Waals surface area (Å²) < 4.78 is 0. The highest BCUT2D eigenvalue weighted by molar-refractivity contribution is 5.99. The summed E-state index contributed by atoms with van der Waals surface area (Å²) >= 11 is 0. The predicted molar refractivity (Wildman–Crippen MR) is 77.3 cm³/mol. The van der Waals surface area contributed by atoms with E-state index >= 15 is 0 Å². The molecule has 1 amide bonds. The summed E-state index contributed by atoms with van der Waals surface area (Å²) in [5.41, 5.74) is 2.14. The first-order valence-electron chi connectivity index (χ1n) is 6.77. The Balaban J connectivity index is 2.03. The number of nitrogens with zero attached hydrogens (tertiary/aromatic N) is 1. The monoisotopic (exact) mass is 273 g/mol. The van der Waals surface area contributed by atoms with E-state index in [0.29, 0.717) is 30.6 Å². The first-order chi connectivity index (χ1) is 9.72. The minimum atomic E-state index is -0.367. The quantitative estimate of drug-likeness (QED) is 0.753. The summed E-state index contributed by atoms with van der Waals surface area (Å²) in [5.74, 6) is -0.180. The molecular weight excluding hydrogens is 254 g/mol. The normalized spacial score (nSPS) is 12.1. The molecule has 0 fully saturated rings. The highest BCUT2D eigenvalue weighted by atomic mass is 16.3. The van der Waals surface area contributed by atoms with Gasteiger partial charge in [-0.2, -0.15) is 5.10 Å². The van der Waals surface area contributed by atoms with E-state index in [1.807, 2.05) is 37.3 Å². The number of carbonyl (C=O) groups excluding carboxylic acids is 1. The minimum Gasteiger partial charge on any atom is -0.393 e. The van der Waals surface area contributed by atoms with Gasteiger partial charge in [0.2, 0.25) is 0 Å². The molecule has 5 nitrogen and oxygen atoms in total. The molecule has 1 heterocycles. The van der Waals surface area contributed by atoms with Gasteiger partial charge in [0.15, 0.2) is 0 Å². The molecular formula is C15H19N3O2. The van der Waals surface area contributed by atoms with Crippen molar-refractivity contribution in [2.75, 3.05) is 6.54 Å². The predicted octanol–water partition coefficient (Wildman–Crippen LogP) is 1.97. The van der Waals surface area contributed by atoms with Gasteiger partial charge < -0.3 is 10.4 Å². The van der Waals surface area contributed by atoms with Crippen LogP contribution in [-0.2, 0) is 0 Å². The number of carbonyl (C=O) groups is 1. The van der Waals surface area contributed by atoms with Crippen molar-refractivity contribution in [2.45, 2.75) is 25.9 Å². The maximum absolute atomic E-state index is 12.1. The highest BCUT2D eigenvalue weighted by Gasteiger charge is 2.14. The molecule has 0 aliphatic heterocycles. The van der Waals surface area contributed by atoms with Crippen molar-refractivity contribution < 1.29 is 9.90 Å². The van der Waals surface area contributed by atoms with Gasteiger partial charge in [-0.1, -0.05) is 37.3 Å². The van der Waals surface area contributed by atoms with E-state index in [2.05, 4.69) is 15.5 Å². The van der Waals surface area contributed by atoms with Gasteiger partial charge in [0.25, 0.3) is 5.91 Å². The Morgan fingerprint density at radius 1 is 1.40 bits per heavy atom. The van der Waals surface area contributed by atoms with Gasteiger partial charge in [-0.25, -0.2) is 0 Å². The van der Waals surface area contributed by atoms with Crippen molar-refractivity contribution in [1.29, 1.82) is 0 Å². The molecule has 1 aromatic carbocycles. The molecule has 1 aromatic heterocycles. The van der Waals surface area contributed by atoms with Crippen molar-refractivity contribution in [3.8, 4) is 11.3 Å². The van der Waals surface area contributed by atoms with Crippen molar-refractivity contribution in [1.82, 2.24) is 15.5 Å². The molecule has 0 spiro atoms. The first kappa shape index (κ1) is 14.3. The Bertz CT molecular complexity index is 551. The fourth-order valence-electron chi connectivity index (χ4n) is 1.93. The van der Waals surface area contributed by atoms with Crippen LogP contribution in [0.15, 0.2) is 36.5 Å². The second kappa shape index (κ2) is 6.86. The van der Waals surface area contributed by atoms with Crippen molar-refractivity contribution in [3.05, 3.63) is 42.1 Å². The summed E-state index contributed by atoms with van der Waals surface area (Å²) in [5, 5.41) is 19.1. The summed E-state index contributed by atoms with van der Waals surface area (Å²) in [6, 6.07) is 9.59. The van der Waals surface area contributed by atoms with Crippen molar-refractivity contribution in [3.63, 3.8) is 0 Å². The SMILES string of the molecule is CCC(O)CCNC(=O)c1cn[nH]c1-c1ccccc1. The number of aliphatic hydroxyl groups excluding tert-OH is 1. The fraction of sp³-hybridized carbons (Fsp3) is 0.333. The average Bonchev–Trinajstić information content (AvgIpc) is 2.97. The lowest BCUT2D eigenvalue weighted by Gasteiger charge is -2.09. The molecule has 106 valence electrons. The number of nitrogens with one attached hydrogen (secondary N) is 2. The van der Waals surface area contributed by atoms with Crippen LogP contribution in [0.1, 0.15) is 30.1 Å². The van der Waals surface area contributed by atoms with Crippen molar-refractivity contribution in [2.24, 2.45) is 0 Å². The number of aliphatic hydroxyl groups is 1. The van der Waals surface area contributed by atoms with Crippen LogP contribution in [-0.4, -0.2) is 33.9 Å². The van der Waals surface area contributed by atoms with Crippen LogP contribution in [0.25, 0.3) is 11.3 Å². The number of hydrogen-bond acceptors (Lipinski definition) is 3. The van der Waals surface area contributed by atoms with Gasteiger partial charge >= 0.3 is 0 Å². The number of aromatic amines is 1. The number of rotatable bonds is 6. The van der Waals surface area contributed by atoms with Crippen molar-refractivity contribution >= 4 is 5.91 Å². The lowest BCUT2D eigenvalue weighted by atomic mass is 10.1. The topological polar surface area (TPSA) is 78.0 Å². The minimum absolute atomic E-state index is 0.180. The van der Waals surface area contributed by atoms with E-state index in [0.717, 1.165) is 5.56 Å². The smallest absolute Gasteiger partial charge is 0.255 e. The van der Waals surface area contributed by atoms with Gasteiger partial charge in [-0.05, 0) is 12.8 Å². The van der Waals surface area contributed by atoms with Crippen LogP contribution in [0.2, 0.25) is 0 Å². The number of aromatic nitrogens is 2. The Morgan fingerprint density at radius 2 is 2.15 bits per heavy atom. The van der Waals surface area contributed by atoms with Crippen LogP contribution in [0.3, 0.4) is 0 Å². The zero-order valence-electron chi connectivity index (χ0n) is 11.5. The number of benzene rings is 1. The third-order valence-corrected chi connectivity index (χ3v) is 3.18. The second-order valence-corrected chi connectivity index (χ2v) is 4.63. The highest BCUT2D eigenvalue weighted by Crippen LogP contribution is 2.20. The number of amides is 1. The molecule has 0 radical (unpaired) electrons. The Hall–Kier alpha value is -2.14. The third kappa shape index (κ3) is 3.45. The third-order valence-electron chi connectivity index (χ3n) is 3.18. The number of hydrogen-bond donors (Lipinski definition) is 3. The lowest BCUT2D eigenvalue weighted by Crippen LogP contribution is -2.27. The van der Waals surface area contributed by atoms with Crippen LogP contribution >= 0.6 is 0 Å². The Kier molecular flexibility index (Phi) is 4.90. The van der Waals surface area contributed by atoms with Crippen LogP contribution in [0, 0.1) is 0 Å². The molecule has 0 bridgehead atoms. The largest absolute Gasteiger partial charge is 0.393 e. The molecule has 0 aliphatic rings. The summed E-state index contributed by atoms with van der Waals surface area (Å²) in [7, 11) is 0. The van der Waals surface area contributed by atoms with Gasteiger partial charge in [-0.3, -0.25) is 9.89 Å². The van der Waals surface area contributed by atoms with Gasteiger partial charge in [0, 0.05) is 12.1 Å². The second-order valence-electron chi connectivity index (χ2n) is 4.63. The molecule has 20 heavy (non-hydrogen) atoms. The molecule has 1 atom stereocenters. The van der Waals surface area contributed by atoms with Crippen LogP contribution < -0.4 is 5.32 Å². The van der Waals surface area contributed by atoms with Gasteiger partial charge in [0.1, 0.15) is 0 Å². The average molecular weight is 273 g/mol. The van der Waals surface area contributed by atoms with E-state index in [1.165, 1.54) is 6.20 Å². The molecule has 0 saturated heterocycles. The molecule has 2 rings (SSSR count). The molecule has 0 saturated carbocycles. The van der Waals surface area contributed by atoms with E-state index < -0.39 is 0 Å². The maximum atomic E-state index is 12.1.